The summed E-state index contributed by atoms with van der Waals surface area (Å²) in [6.45, 7) is 0. The van der Waals surface area contributed by atoms with Crippen LogP contribution in [0.2, 0.25) is 10.0 Å². The van der Waals surface area contributed by atoms with Crippen LogP contribution in [-0.2, 0) is 13.2 Å². The molecule has 0 radical (unpaired) electrons. The summed E-state index contributed by atoms with van der Waals surface area (Å²) in [7, 11) is 1.09. The van der Waals surface area contributed by atoms with Crippen molar-refractivity contribution in [2.24, 2.45) is 7.05 Å². The molecule has 0 unspecified atom stereocenters. The lowest BCUT2D eigenvalue weighted by Gasteiger charge is -2.06. The largest absolute Gasteiger partial charge is 0.434 e. The molecule has 0 aliphatic carbocycles. The van der Waals surface area contributed by atoms with Crippen molar-refractivity contribution in [1.29, 1.82) is 0 Å². The summed E-state index contributed by atoms with van der Waals surface area (Å²) in [6.07, 6.45) is -4.70. The van der Waals surface area contributed by atoms with Crippen molar-refractivity contribution in [3.05, 3.63) is 33.1 Å². The molecule has 0 amide bonds. The molecule has 0 bridgehead atoms. The second-order valence-electron chi connectivity index (χ2n) is 4.38. The van der Waals surface area contributed by atoms with Crippen molar-refractivity contribution in [3.63, 3.8) is 0 Å². The van der Waals surface area contributed by atoms with Crippen LogP contribution >= 0.6 is 34.5 Å². The Hall–Kier alpha value is -1.38. The molecule has 0 saturated carbocycles. The molecule has 2 aromatic heterocycles. The summed E-state index contributed by atoms with van der Waals surface area (Å²) in [5.41, 5.74) is 0.133. The van der Waals surface area contributed by atoms with Crippen LogP contribution in [0.1, 0.15) is 5.69 Å². The molecule has 3 rings (SSSR count). The van der Waals surface area contributed by atoms with Crippen LogP contribution in [0.3, 0.4) is 0 Å². The first-order valence-electron chi connectivity index (χ1n) is 5.73. The van der Waals surface area contributed by atoms with Crippen LogP contribution in [0.4, 0.5) is 17.6 Å². The Morgan fingerprint density at radius 3 is 2.55 bits per heavy atom. The highest BCUT2D eigenvalue weighted by Gasteiger charge is 2.39. The Kier molecular flexibility index (Phi) is 3.58. The van der Waals surface area contributed by atoms with Crippen LogP contribution in [0, 0.1) is 5.82 Å². The summed E-state index contributed by atoms with van der Waals surface area (Å²) in [4.78, 5) is 3.97. The molecular weight excluding hydrogens is 365 g/mol. The molecule has 0 aliphatic heterocycles. The Bertz CT molecular complexity index is 885. The molecule has 3 nitrogen and oxygen atoms in total. The molecule has 22 heavy (non-hydrogen) atoms. The van der Waals surface area contributed by atoms with Crippen molar-refractivity contribution >= 4 is 44.8 Å². The summed E-state index contributed by atoms with van der Waals surface area (Å²) in [5, 5.41) is 3.14. The molecule has 116 valence electrons. The van der Waals surface area contributed by atoms with Gasteiger partial charge < -0.3 is 0 Å². The third kappa shape index (κ3) is 2.26. The molecule has 0 atom stereocenters. The van der Waals surface area contributed by atoms with E-state index in [-0.39, 0.29) is 16.3 Å². The predicted molar refractivity (Wildman–Crippen MR) is 76.8 cm³/mol. The molecule has 0 N–H and O–H groups in total. The van der Waals surface area contributed by atoms with Gasteiger partial charge in [-0.1, -0.05) is 23.2 Å². The lowest BCUT2D eigenvalue weighted by atomic mass is 10.1. The van der Waals surface area contributed by atoms with E-state index in [9.17, 15) is 17.6 Å². The lowest BCUT2D eigenvalue weighted by Crippen LogP contribution is -2.12. The van der Waals surface area contributed by atoms with Crippen molar-refractivity contribution in [2.75, 3.05) is 0 Å². The van der Waals surface area contributed by atoms with E-state index in [1.165, 1.54) is 5.51 Å². The number of thiazole rings is 1. The van der Waals surface area contributed by atoms with Crippen LogP contribution in [0.15, 0.2) is 11.6 Å². The van der Waals surface area contributed by atoms with E-state index in [1.54, 1.807) is 0 Å². The molecule has 1 aromatic carbocycles. The van der Waals surface area contributed by atoms with Gasteiger partial charge in [-0.2, -0.15) is 18.3 Å². The molecule has 10 heteroatoms. The third-order valence-electron chi connectivity index (χ3n) is 3.01. The van der Waals surface area contributed by atoms with Crippen LogP contribution in [-0.4, -0.2) is 14.8 Å². The predicted octanol–water partition coefficient (Wildman–Crippen LogP) is 5.16. The zero-order valence-electron chi connectivity index (χ0n) is 10.7. The van der Waals surface area contributed by atoms with Gasteiger partial charge in [0, 0.05) is 7.05 Å². The fourth-order valence-corrected chi connectivity index (χ4v) is 3.65. The van der Waals surface area contributed by atoms with Crippen molar-refractivity contribution in [1.82, 2.24) is 14.8 Å². The SMILES string of the molecule is Cn1nc(-c2c(F)cc(Cl)c3ncsc23)c(Cl)c1C(F)(F)F. The van der Waals surface area contributed by atoms with E-state index in [4.69, 9.17) is 23.2 Å². The van der Waals surface area contributed by atoms with Crippen molar-refractivity contribution < 1.29 is 17.6 Å². The van der Waals surface area contributed by atoms with Gasteiger partial charge in [-0.05, 0) is 6.07 Å². The molecule has 2 heterocycles. The van der Waals surface area contributed by atoms with E-state index >= 15 is 0 Å². The van der Waals surface area contributed by atoms with E-state index in [2.05, 4.69) is 10.1 Å². The van der Waals surface area contributed by atoms with Gasteiger partial charge in [-0.25, -0.2) is 9.37 Å². The molecule has 0 aliphatic rings. The summed E-state index contributed by atoms with van der Waals surface area (Å²) in [6, 6.07) is 0.983. The maximum Gasteiger partial charge on any atom is 0.434 e. The molecule has 3 aromatic rings. The second-order valence-corrected chi connectivity index (χ2v) is 6.02. The zero-order chi connectivity index (χ0) is 16.2. The highest BCUT2D eigenvalue weighted by atomic mass is 35.5. The van der Waals surface area contributed by atoms with Crippen LogP contribution < -0.4 is 0 Å². The van der Waals surface area contributed by atoms with Crippen molar-refractivity contribution in [2.45, 2.75) is 6.18 Å². The maximum atomic E-state index is 14.3. The fraction of sp³-hybridized carbons (Fsp3) is 0.167. The maximum absolute atomic E-state index is 14.3. The average Bonchev–Trinajstić information content (AvgIpc) is 2.94. The first kappa shape index (κ1) is 15.5. The number of aryl methyl sites for hydroxylation is 1. The Morgan fingerprint density at radius 2 is 1.95 bits per heavy atom. The number of hydrogen-bond acceptors (Lipinski definition) is 3. The second kappa shape index (κ2) is 5.07. The topological polar surface area (TPSA) is 30.7 Å². The summed E-state index contributed by atoms with van der Waals surface area (Å²) < 4.78 is 54.1. The van der Waals surface area contributed by atoms with Crippen LogP contribution in [0.25, 0.3) is 21.5 Å². The van der Waals surface area contributed by atoms with Gasteiger partial charge in [0.25, 0.3) is 0 Å². The number of hydrogen-bond donors (Lipinski definition) is 0. The van der Waals surface area contributed by atoms with Gasteiger partial charge in [-0.15, -0.1) is 11.3 Å². The Balaban J connectivity index is 2.37. The first-order chi connectivity index (χ1) is 10.2. The molecule has 0 fully saturated rings. The van der Waals surface area contributed by atoms with E-state index in [0.717, 1.165) is 24.5 Å². The number of benzene rings is 1. The normalized spacial score (nSPS) is 12.3. The Morgan fingerprint density at radius 1 is 1.27 bits per heavy atom. The molecular formula is C12H5Cl2F4N3S. The van der Waals surface area contributed by atoms with Gasteiger partial charge >= 0.3 is 6.18 Å². The fourth-order valence-electron chi connectivity index (χ4n) is 2.14. The quantitative estimate of drug-likeness (QED) is 0.554. The minimum atomic E-state index is -4.70. The monoisotopic (exact) mass is 369 g/mol. The average molecular weight is 370 g/mol. The number of nitrogens with zero attached hydrogens (tertiary/aromatic N) is 3. The summed E-state index contributed by atoms with van der Waals surface area (Å²) >= 11 is 12.7. The van der Waals surface area contributed by atoms with E-state index in [0.29, 0.717) is 14.9 Å². The van der Waals surface area contributed by atoms with Gasteiger partial charge in [0.05, 0.1) is 25.8 Å². The highest BCUT2D eigenvalue weighted by molar-refractivity contribution is 7.17. The van der Waals surface area contributed by atoms with Crippen molar-refractivity contribution in [3.8, 4) is 11.3 Å². The number of aromatic nitrogens is 3. The smallest absolute Gasteiger partial charge is 0.262 e. The zero-order valence-corrected chi connectivity index (χ0v) is 13.0. The van der Waals surface area contributed by atoms with E-state index in [1.807, 2.05) is 0 Å². The third-order valence-corrected chi connectivity index (χ3v) is 4.50. The first-order valence-corrected chi connectivity index (χ1v) is 7.36. The minimum Gasteiger partial charge on any atom is -0.262 e. The van der Waals surface area contributed by atoms with Crippen LogP contribution in [0.5, 0.6) is 0 Å². The van der Waals surface area contributed by atoms with Gasteiger partial charge in [0.1, 0.15) is 17.0 Å². The molecule has 0 spiro atoms. The molecule has 0 saturated heterocycles. The van der Waals surface area contributed by atoms with Gasteiger partial charge in [0.2, 0.25) is 0 Å². The minimum absolute atomic E-state index is 0.0700. The number of alkyl halides is 3. The highest BCUT2D eigenvalue weighted by Crippen LogP contribution is 2.43. The number of rotatable bonds is 1. The summed E-state index contributed by atoms with van der Waals surface area (Å²) in [5.74, 6) is -0.810. The standard InChI is InChI=1S/C12H5Cl2F4N3S/c1-21-11(12(16,17)18)7(14)9(20-21)6-5(15)2-4(13)8-10(6)22-3-19-8/h2-3H,1H3. The number of halogens is 6. The number of fused-ring (bicyclic) bond motifs is 1. The van der Waals surface area contributed by atoms with Gasteiger partial charge in [0.15, 0.2) is 5.69 Å². The van der Waals surface area contributed by atoms with Gasteiger partial charge in [-0.3, -0.25) is 4.68 Å². The lowest BCUT2D eigenvalue weighted by molar-refractivity contribution is -0.143. The Labute approximate surface area is 135 Å². The van der Waals surface area contributed by atoms with E-state index < -0.39 is 22.7 Å².